The summed E-state index contributed by atoms with van der Waals surface area (Å²) in [5, 5.41) is 1.23. The Hall–Kier alpha value is -1.45. The quantitative estimate of drug-likeness (QED) is 0.779. The Morgan fingerprint density at radius 3 is 2.14 bits per heavy atom. The van der Waals surface area contributed by atoms with E-state index in [1.807, 2.05) is 0 Å². The third kappa shape index (κ3) is 2.56. The highest BCUT2D eigenvalue weighted by Crippen LogP contribution is 2.40. The molecule has 2 aromatic rings. The number of benzene rings is 2. The van der Waals surface area contributed by atoms with E-state index in [1.54, 1.807) is 0 Å². The maximum Gasteiger partial charge on any atom is 0.0372 e. The van der Waals surface area contributed by atoms with Crippen molar-refractivity contribution in [3.8, 4) is 0 Å². The second-order valence-corrected chi connectivity index (χ2v) is 7.95. The van der Waals surface area contributed by atoms with Crippen molar-refractivity contribution in [2.24, 2.45) is 0 Å². The van der Waals surface area contributed by atoms with Crippen LogP contribution in [0.4, 0.5) is 11.4 Å². The lowest BCUT2D eigenvalue weighted by Gasteiger charge is -2.18. The molecule has 1 aliphatic rings. The van der Waals surface area contributed by atoms with Gasteiger partial charge in [-0.15, -0.1) is 0 Å². The Balaban J connectivity index is 2.27. The molecular weight excluding hydrogens is 300 g/mol. The van der Waals surface area contributed by atoms with E-state index in [4.69, 9.17) is 10.7 Å². The monoisotopic (exact) mass is 318 g/mol. The molecule has 2 aromatic carbocycles. The number of fused-ring (bicyclic) bond motifs is 2. The van der Waals surface area contributed by atoms with Gasteiger partial charge in [-0.05, 0) is 51.8 Å². The molecule has 3 rings (SSSR count). The number of anilines is 2. The van der Waals surface area contributed by atoms with Crippen LogP contribution in [0.5, 0.6) is 0 Å². The molecule has 0 aliphatic carbocycles. The molecule has 0 saturated heterocycles. The molecule has 21 heavy (non-hydrogen) atoms. The second-order valence-electron chi connectivity index (χ2n) is 5.63. The van der Waals surface area contributed by atoms with Crippen molar-refractivity contribution in [3.63, 3.8) is 0 Å². The maximum absolute atomic E-state index is 6.80. The molecule has 0 aromatic heterocycles. The van der Waals surface area contributed by atoms with E-state index in [2.05, 4.69) is 80.5 Å². The van der Waals surface area contributed by atoms with Crippen molar-refractivity contribution in [2.45, 2.75) is 4.90 Å². The Morgan fingerprint density at radius 1 is 0.857 bits per heavy atom. The van der Waals surface area contributed by atoms with Crippen LogP contribution in [0.1, 0.15) is 5.56 Å². The first-order chi connectivity index (χ1) is 9.97. The van der Waals surface area contributed by atoms with Gasteiger partial charge < -0.3 is 9.80 Å². The fraction of sp³-hybridized carbons (Fsp3) is 0.235. The van der Waals surface area contributed by atoms with Crippen LogP contribution in [-0.4, -0.2) is 28.2 Å². The van der Waals surface area contributed by atoms with Crippen molar-refractivity contribution in [3.05, 3.63) is 51.7 Å². The summed E-state index contributed by atoms with van der Waals surface area (Å²) >= 11 is 0. The van der Waals surface area contributed by atoms with Gasteiger partial charge in [-0.25, -0.2) is 0 Å². The second kappa shape index (κ2) is 5.39. The van der Waals surface area contributed by atoms with Crippen molar-refractivity contribution >= 4 is 37.8 Å². The van der Waals surface area contributed by atoms with E-state index in [0.717, 1.165) is 0 Å². The lowest BCUT2D eigenvalue weighted by Crippen LogP contribution is -2.13. The average molecular weight is 319 g/mol. The van der Waals surface area contributed by atoms with Crippen LogP contribution in [0.2, 0.25) is 0 Å². The zero-order chi connectivity index (χ0) is 15.1. The fourth-order valence-electron chi connectivity index (χ4n) is 2.44. The molecule has 0 saturated carbocycles. The summed E-state index contributed by atoms with van der Waals surface area (Å²) < 4.78 is 1.21. The van der Waals surface area contributed by atoms with Crippen molar-refractivity contribution in [1.82, 2.24) is 0 Å². The summed E-state index contributed by atoms with van der Waals surface area (Å²) in [6.07, 6.45) is 2.23. The number of hydrogen-bond acceptors (Lipinski definition) is 2. The van der Waals surface area contributed by atoms with Gasteiger partial charge in [0.05, 0.1) is 0 Å². The van der Waals surface area contributed by atoms with Crippen LogP contribution >= 0.6 is 20.4 Å². The summed E-state index contributed by atoms with van der Waals surface area (Å²) in [6, 6.07) is 13.0. The first-order valence-corrected chi connectivity index (χ1v) is 8.90. The zero-order valence-corrected chi connectivity index (χ0v) is 14.3. The van der Waals surface area contributed by atoms with Gasteiger partial charge in [-0.3, -0.25) is 0 Å². The van der Waals surface area contributed by atoms with Gasteiger partial charge in [0.25, 0.3) is 0 Å². The average Bonchev–Trinajstić information content (AvgIpc) is 2.46. The predicted octanol–water partition coefficient (Wildman–Crippen LogP) is 3.69. The van der Waals surface area contributed by atoms with Crippen LogP contribution < -0.4 is 15.0 Å². The van der Waals surface area contributed by atoms with Gasteiger partial charge in [0.2, 0.25) is 0 Å². The molecular formula is C17H19ClN2S. The standard InChI is InChI=1S/C17H19ClN2S/c1-19(2)14-7-5-12-9-13-6-8-15(20(3)4)11-17(13)21(18)16(12)10-14/h5-11H,1-4H3. The van der Waals surface area contributed by atoms with Crippen LogP contribution in [0.3, 0.4) is 0 Å². The molecule has 0 spiro atoms. The minimum Gasteiger partial charge on any atom is -0.378 e. The highest BCUT2D eigenvalue weighted by molar-refractivity contribution is 8.29. The summed E-state index contributed by atoms with van der Waals surface area (Å²) in [5.74, 6) is 0. The van der Waals surface area contributed by atoms with E-state index in [9.17, 15) is 0 Å². The fourth-order valence-corrected chi connectivity index (χ4v) is 4.59. The number of hydrogen-bond donors (Lipinski definition) is 0. The Kier molecular flexibility index (Phi) is 3.72. The molecule has 0 N–H and O–H groups in total. The Labute approximate surface area is 132 Å². The molecule has 0 amide bonds. The lowest BCUT2D eigenvalue weighted by molar-refractivity contribution is 1.12. The smallest absolute Gasteiger partial charge is 0.0372 e. The molecule has 2 nitrogen and oxygen atoms in total. The number of rotatable bonds is 2. The minimum atomic E-state index is -0.406. The molecule has 1 atom stereocenters. The maximum atomic E-state index is 6.80. The van der Waals surface area contributed by atoms with E-state index in [0.29, 0.717) is 0 Å². The van der Waals surface area contributed by atoms with Crippen LogP contribution in [-0.2, 0) is 0 Å². The first-order valence-electron chi connectivity index (χ1n) is 6.85. The number of nitrogens with zero attached hydrogens (tertiary/aromatic N) is 2. The van der Waals surface area contributed by atoms with Gasteiger partial charge in [-0.1, -0.05) is 21.8 Å². The predicted molar refractivity (Wildman–Crippen MR) is 95.3 cm³/mol. The molecule has 0 fully saturated rings. The minimum absolute atomic E-state index is 0.406. The molecule has 0 radical (unpaired) electrons. The highest BCUT2D eigenvalue weighted by Gasteiger charge is 2.12. The van der Waals surface area contributed by atoms with E-state index >= 15 is 0 Å². The van der Waals surface area contributed by atoms with E-state index in [1.165, 1.54) is 31.6 Å². The largest absolute Gasteiger partial charge is 0.378 e. The first kappa shape index (κ1) is 14.5. The van der Waals surface area contributed by atoms with Gasteiger partial charge in [-0.2, -0.15) is 0 Å². The van der Waals surface area contributed by atoms with E-state index in [-0.39, 0.29) is 0 Å². The van der Waals surface area contributed by atoms with Crippen LogP contribution in [0, 0.1) is 4.51 Å². The highest BCUT2D eigenvalue weighted by atomic mass is 35.7. The van der Waals surface area contributed by atoms with Crippen molar-refractivity contribution in [1.29, 1.82) is 0 Å². The molecule has 1 heterocycles. The van der Waals surface area contributed by atoms with Crippen LogP contribution in [0.25, 0.3) is 6.08 Å². The normalized spacial score (nSPS) is 15.8. The topological polar surface area (TPSA) is 6.48 Å². The summed E-state index contributed by atoms with van der Waals surface area (Å²) in [6.45, 7) is 0. The van der Waals surface area contributed by atoms with E-state index < -0.39 is 9.70 Å². The van der Waals surface area contributed by atoms with Gasteiger partial charge in [0, 0.05) is 49.0 Å². The summed E-state index contributed by atoms with van der Waals surface area (Å²) in [4.78, 5) is 5.44. The summed E-state index contributed by atoms with van der Waals surface area (Å²) in [5.41, 5.74) is 3.60. The van der Waals surface area contributed by atoms with Gasteiger partial charge in [0.15, 0.2) is 0 Å². The molecule has 1 aliphatic heterocycles. The third-order valence-corrected chi connectivity index (χ3v) is 6.20. The zero-order valence-electron chi connectivity index (χ0n) is 12.7. The Morgan fingerprint density at radius 2 is 1.48 bits per heavy atom. The van der Waals surface area contributed by atoms with Gasteiger partial charge >= 0.3 is 0 Å². The molecule has 110 valence electrons. The molecule has 1 unspecified atom stereocenters. The Bertz CT molecular complexity index is 825. The van der Waals surface area contributed by atoms with Gasteiger partial charge in [0.1, 0.15) is 0 Å². The van der Waals surface area contributed by atoms with Crippen molar-refractivity contribution < 1.29 is 0 Å². The SMILES string of the molecule is CN(C)c1ccc2c(c1)S(Cl)=c1cc(N(C)C)ccc1=C2. The lowest BCUT2D eigenvalue weighted by atomic mass is 10.1. The molecule has 0 bridgehead atoms. The molecule has 4 heteroatoms. The summed E-state index contributed by atoms with van der Waals surface area (Å²) in [7, 11) is 14.6. The van der Waals surface area contributed by atoms with Crippen LogP contribution in [0.15, 0.2) is 41.3 Å². The van der Waals surface area contributed by atoms with Crippen molar-refractivity contribution in [2.75, 3.05) is 38.0 Å². The number of halogens is 1. The third-order valence-electron chi connectivity index (χ3n) is 3.72.